The minimum absolute atomic E-state index is 0.0162. The van der Waals surface area contributed by atoms with Crippen molar-refractivity contribution in [2.24, 2.45) is 0 Å². The van der Waals surface area contributed by atoms with Gasteiger partial charge < -0.3 is 15.0 Å². The highest BCUT2D eigenvalue weighted by Gasteiger charge is 2.18. The van der Waals surface area contributed by atoms with Crippen LogP contribution in [0.4, 0.5) is 5.69 Å². The number of carbonyl (C=O) groups is 1. The topological polar surface area (TPSA) is 41.6 Å². The van der Waals surface area contributed by atoms with Crippen molar-refractivity contribution >= 4 is 23.4 Å². The highest BCUT2D eigenvalue weighted by Crippen LogP contribution is 2.30. The Morgan fingerprint density at radius 3 is 2.22 bits per heavy atom. The number of hydrogen-bond donors (Lipinski definition) is 1. The molecule has 0 saturated carbocycles. The van der Waals surface area contributed by atoms with Gasteiger partial charge in [-0.05, 0) is 46.6 Å². The monoisotopic (exact) mass is 578 g/mol. The second-order valence-electron chi connectivity index (χ2n) is 12.6. The van der Waals surface area contributed by atoms with Crippen LogP contribution >= 0.6 is 11.8 Å². The molecule has 0 aliphatic carbocycles. The van der Waals surface area contributed by atoms with Gasteiger partial charge in [0.1, 0.15) is 5.75 Å². The lowest BCUT2D eigenvalue weighted by Gasteiger charge is -2.21. The zero-order valence-corrected chi connectivity index (χ0v) is 27.0. The van der Waals surface area contributed by atoms with Gasteiger partial charge in [-0.15, -0.1) is 11.8 Å². The third-order valence-corrected chi connectivity index (χ3v) is 8.54. The van der Waals surface area contributed by atoms with E-state index < -0.39 is 0 Å². The number of unbranched alkanes of at least 4 members (excludes halogenated alkanes) is 11. The Morgan fingerprint density at radius 1 is 0.902 bits per heavy atom. The minimum Gasteiger partial charge on any atom is -0.493 e. The summed E-state index contributed by atoms with van der Waals surface area (Å²) in [6, 6.07) is 14.5. The molecule has 0 unspecified atom stereocenters. The smallest absolute Gasteiger partial charge is 0.228 e. The molecular weight excluding hydrogens is 524 g/mol. The lowest BCUT2D eigenvalue weighted by molar-refractivity contribution is -0.115. The van der Waals surface area contributed by atoms with Gasteiger partial charge in [-0.1, -0.05) is 123 Å². The lowest BCUT2D eigenvalue weighted by Crippen LogP contribution is -2.17. The third-order valence-electron chi connectivity index (χ3n) is 7.74. The third kappa shape index (κ3) is 13.0. The average Bonchev–Trinajstić information content (AvgIpc) is 3.44. The van der Waals surface area contributed by atoms with Crippen LogP contribution in [-0.4, -0.2) is 23.3 Å². The largest absolute Gasteiger partial charge is 0.493 e. The maximum absolute atomic E-state index is 13.1. The summed E-state index contributed by atoms with van der Waals surface area (Å²) in [4.78, 5) is 15.3. The van der Waals surface area contributed by atoms with E-state index in [2.05, 4.69) is 79.9 Å². The van der Waals surface area contributed by atoms with Gasteiger partial charge in [0.15, 0.2) is 0 Å². The molecule has 41 heavy (non-hydrogen) atoms. The number of thioether (sulfide) groups is 1. The predicted molar refractivity (Wildman–Crippen MR) is 178 cm³/mol. The molecule has 0 spiro atoms. The minimum atomic E-state index is -0.0162. The summed E-state index contributed by atoms with van der Waals surface area (Å²) in [5.74, 6) is 1.81. The summed E-state index contributed by atoms with van der Waals surface area (Å²) in [6.07, 6.45) is 18.4. The number of benzene rings is 2. The number of rotatable bonds is 19. The van der Waals surface area contributed by atoms with Gasteiger partial charge in [0.2, 0.25) is 5.91 Å². The van der Waals surface area contributed by atoms with Gasteiger partial charge >= 0.3 is 0 Å². The Labute approximate surface area is 254 Å². The van der Waals surface area contributed by atoms with Crippen molar-refractivity contribution in [1.82, 2.24) is 4.90 Å². The fraction of sp³-hybridized carbons (Fsp3) is 0.583. The van der Waals surface area contributed by atoms with Crippen LogP contribution in [0.25, 0.3) is 0 Å². The summed E-state index contributed by atoms with van der Waals surface area (Å²) < 4.78 is 6.32. The van der Waals surface area contributed by atoms with Crippen LogP contribution in [-0.2, 0) is 23.2 Å². The van der Waals surface area contributed by atoms with Crippen LogP contribution < -0.4 is 10.1 Å². The molecule has 226 valence electrons. The molecule has 0 saturated heterocycles. The Morgan fingerprint density at radius 2 is 1.59 bits per heavy atom. The normalized spacial score (nSPS) is 13.1. The zero-order valence-electron chi connectivity index (χ0n) is 26.2. The van der Waals surface area contributed by atoms with E-state index in [4.69, 9.17) is 4.74 Å². The first kappa shape index (κ1) is 33.1. The van der Waals surface area contributed by atoms with Crippen LogP contribution in [0.2, 0.25) is 0 Å². The van der Waals surface area contributed by atoms with E-state index in [1.165, 1.54) is 81.8 Å². The van der Waals surface area contributed by atoms with Gasteiger partial charge in [0.05, 0.1) is 18.9 Å². The molecule has 0 bridgehead atoms. The van der Waals surface area contributed by atoms with Crippen LogP contribution in [0.5, 0.6) is 5.75 Å². The van der Waals surface area contributed by atoms with E-state index in [-0.39, 0.29) is 11.3 Å². The maximum atomic E-state index is 13.1. The number of carbonyl (C=O) groups excluding carboxylic acids is 1. The van der Waals surface area contributed by atoms with Gasteiger partial charge in [-0.25, -0.2) is 0 Å². The van der Waals surface area contributed by atoms with Crippen LogP contribution in [0, 0.1) is 0 Å². The molecule has 1 amide bonds. The number of nitrogens with zero attached hydrogens (tertiary/aromatic N) is 1. The van der Waals surface area contributed by atoms with Gasteiger partial charge in [0.25, 0.3) is 0 Å². The second-order valence-corrected chi connectivity index (χ2v) is 13.4. The number of anilines is 1. The first-order chi connectivity index (χ1) is 19.8. The molecule has 1 heterocycles. The fourth-order valence-corrected chi connectivity index (χ4v) is 5.91. The SMILES string of the molecule is CCCCCCCCCCCCCCOc1cc(C(C)(C)C)ccc1CC(=O)Nc1cccc(CN2C=CSC2)c1. The predicted octanol–water partition coefficient (Wildman–Crippen LogP) is 10.2. The van der Waals surface area contributed by atoms with Crippen molar-refractivity contribution in [2.45, 2.75) is 123 Å². The van der Waals surface area contributed by atoms with E-state index in [1.54, 1.807) is 11.8 Å². The summed E-state index contributed by atoms with van der Waals surface area (Å²) in [6.45, 7) is 10.5. The Bertz CT molecular complexity index is 1080. The Kier molecular flexibility index (Phi) is 14.7. The summed E-state index contributed by atoms with van der Waals surface area (Å²) >= 11 is 1.80. The van der Waals surface area contributed by atoms with Gasteiger partial charge in [-0.3, -0.25) is 4.79 Å². The van der Waals surface area contributed by atoms with Crippen molar-refractivity contribution in [3.05, 3.63) is 70.8 Å². The molecule has 4 nitrogen and oxygen atoms in total. The van der Waals surface area contributed by atoms with Crippen molar-refractivity contribution in [3.8, 4) is 5.75 Å². The molecule has 2 aromatic carbocycles. The molecule has 1 aliphatic heterocycles. The molecule has 3 rings (SSSR count). The van der Waals surface area contributed by atoms with Crippen LogP contribution in [0.1, 0.15) is 121 Å². The molecule has 0 aromatic heterocycles. The van der Waals surface area contributed by atoms with Crippen molar-refractivity contribution in [2.75, 3.05) is 17.8 Å². The molecule has 0 fully saturated rings. The van der Waals surface area contributed by atoms with E-state index in [0.717, 1.165) is 35.8 Å². The fourth-order valence-electron chi connectivity index (χ4n) is 5.20. The van der Waals surface area contributed by atoms with Gasteiger partial charge in [0, 0.05) is 24.0 Å². The molecule has 5 heteroatoms. The first-order valence-electron chi connectivity index (χ1n) is 16.0. The van der Waals surface area contributed by atoms with Crippen LogP contribution in [0.3, 0.4) is 0 Å². The Balaban J connectivity index is 1.44. The summed E-state index contributed by atoms with van der Waals surface area (Å²) in [5, 5.41) is 5.23. The number of hydrogen-bond acceptors (Lipinski definition) is 4. The van der Waals surface area contributed by atoms with Crippen molar-refractivity contribution in [3.63, 3.8) is 0 Å². The Hall–Kier alpha value is -2.40. The maximum Gasteiger partial charge on any atom is 0.228 e. The van der Waals surface area contributed by atoms with Crippen molar-refractivity contribution < 1.29 is 9.53 Å². The quantitative estimate of drug-likeness (QED) is 0.168. The van der Waals surface area contributed by atoms with Crippen molar-refractivity contribution in [1.29, 1.82) is 0 Å². The molecule has 0 radical (unpaired) electrons. The number of ether oxygens (including phenoxy) is 1. The molecular formula is C36H54N2O2S. The summed E-state index contributed by atoms with van der Waals surface area (Å²) in [5.41, 5.74) is 4.24. The standard InChI is InChI=1S/C36H54N2O2S/c1-5-6-7-8-9-10-11-12-13-14-15-16-23-40-34-27-32(36(2,3)4)21-20-31(34)26-35(39)37-33-19-17-18-30(25-33)28-38-22-24-41-29-38/h17-22,24-25,27H,5-16,23,26,28-29H2,1-4H3,(H,37,39). The van der Waals surface area contributed by atoms with E-state index in [0.29, 0.717) is 13.0 Å². The molecule has 1 N–H and O–H groups in total. The average molecular weight is 579 g/mol. The first-order valence-corrected chi connectivity index (χ1v) is 17.1. The van der Waals surface area contributed by atoms with E-state index >= 15 is 0 Å². The highest BCUT2D eigenvalue weighted by molar-refractivity contribution is 8.02. The molecule has 1 aliphatic rings. The van der Waals surface area contributed by atoms with Crippen LogP contribution in [0.15, 0.2) is 54.1 Å². The van der Waals surface area contributed by atoms with Gasteiger partial charge in [-0.2, -0.15) is 0 Å². The number of amides is 1. The number of nitrogens with one attached hydrogen (secondary N) is 1. The highest BCUT2D eigenvalue weighted by atomic mass is 32.2. The molecule has 2 aromatic rings. The summed E-state index contributed by atoms with van der Waals surface area (Å²) in [7, 11) is 0. The second kappa shape index (κ2) is 18.2. The molecule has 0 atom stereocenters. The lowest BCUT2D eigenvalue weighted by atomic mass is 9.86. The van der Waals surface area contributed by atoms with E-state index in [1.807, 2.05) is 12.1 Å². The zero-order chi connectivity index (χ0) is 29.3. The van der Waals surface area contributed by atoms with E-state index in [9.17, 15) is 4.79 Å².